The Morgan fingerprint density at radius 2 is 2.16 bits per heavy atom. The summed E-state index contributed by atoms with van der Waals surface area (Å²) in [5.74, 6) is -0.433. The summed E-state index contributed by atoms with van der Waals surface area (Å²) in [6.07, 6.45) is 4.88. The lowest BCUT2D eigenvalue weighted by molar-refractivity contribution is -0.138. The summed E-state index contributed by atoms with van der Waals surface area (Å²) in [6.45, 7) is 0.0831. The van der Waals surface area contributed by atoms with Crippen LogP contribution in [0.3, 0.4) is 0 Å². The summed E-state index contributed by atoms with van der Waals surface area (Å²) in [5, 5.41) is 9.27. The number of hydrogen-bond donors (Lipinski definition) is 2. The van der Waals surface area contributed by atoms with Gasteiger partial charge in [0.25, 0.3) is 0 Å². The van der Waals surface area contributed by atoms with Gasteiger partial charge >= 0.3 is 5.97 Å². The molecule has 3 N–H and O–H groups in total. The van der Waals surface area contributed by atoms with Crippen molar-refractivity contribution in [1.82, 2.24) is 0 Å². The second-order valence-corrected chi connectivity index (χ2v) is 5.11. The molecule has 0 saturated heterocycles. The Bertz CT molecular complexity index is 453. The van der Waals surface area contributed by atoms with Crippen molar-refractivity contribution in [1.29, 1.82) is 0 Å². The van der Waals surface area contributed by atoms with E-state index >= 15 is 0 Å². The largest absolute Gasteiger partial charge is 0.496 e. The number of methoxy groups -OCH3 is 1. The third-order valence-corrected chi connectivity index (χ3v) is 3.99. The molecule has 1 aliphatic carbocycles. The first-order chi connectivity index (χ1) is 9.17. The average molecular weight is 263 g/mol. The normalized spacial score (nSPS) is 17.4. The molecule has 1 fully saturated rings. The first-order valence-electron chi connectivity index (χ1n) is 6.78. The van der Waals surface area contributed by atoms with Crippen molar-refractivity contribution >= 4 is 5.97 Å². The number of carboxylic acid groups (broad SMARTS) is 1. The summed E-state index contributed by atoms with van der Waals surface area (Å²) >= 11 is 0. The molecular weight excluding hydrogens is 242 g/mol. The molecular formula is C15H21NO3. The molecule has 2 rings (SSSR count). The van der Waals surface area contributed by atoms with Crippen LogP contribution in [0.2, 0.25) is 0 Å². The highest BCUT2D eigenvalue weighted by atomic mass is 16.5. The van der Waals surface area contributed by atoms with Crippen LogP contribution >= 0.6 is 0 Å². The van der Waals surface area contributed by atoms with Crippen molar-refractivity contribution in [3.63, 3.8) is 0 Å². The summed E-state index contributed by atoms with van der Waals surface area (Å²) in [5.41, 5.74) is 7.51. The molecule has 1 atom stereocenters. The Morgan fingerprint density at radius 1 is 1.47 bits per heavy atom. The molecule has 1 aromatic carbocycles. The molecule has 1 aromatic rings. The van der Waals surface area contributed by atoms with E-state index in [2.05, 4.69) is 0 Å². The van der Waals surface area contributed by atoms with Gasteiger partial charge in [0.2, 0.25) is 0 Å². The van der Waals surface area contributed by atoms with E-state index in [0.29, 0.717) is 17.2 Å². The third-order valence-electron chi connectivity index (χ3n) is 3.99. The predicted octanol–water partition coefficient (Wildman–Crippen LogP) is 2.48. The van der Waals surface area contributed by atoms with Gasteiger partial charge in [0, 0.05) is 12.1 Å². The zero-order valence-corrected chi connectivity index (χ0v) is 11.3. The molecule has 0 aromatic heterocycles. The quantitative estimate of drug-likeness (QED) is 0.856. The molecule has 104 valence electrons. The van der Waals surface area contributed by atoms with E-state index in [9.17, 15) is 9.90 Å². The SMILES string of the molecule is COc1ccc(C2CCCC2)cc1C(CN)C(=O)O. The van der Waals surface area contributed by atoms with E-state index in [1.54, 1.807) is 7.11 Å². The van der Waals surface area contributed by atoms with Crippen LogP contribution in [0.5, 0.6) is 5.75 Å². The highest BCUT2D eigenvalue weighted by molar-refractivity contribution is 5.77. The Balaban J connectivity index is 2.37. The van der Waals surface area contributed by atoms with Gasteiger partial charge in [-0.15, -0.1) is 0 Å². The maximum absolute atomic E-state index is 11.3. The van der Waals surface area contributed by atoms with E-state index < -0.39 is 11.9 Å². The third kappa shape index (κ3) is 2.89. The molecule has 0 bridgehead atoms. The predicted molar refractivity (Wildman–Crippen MR) is 73.6 cm³/mol. The molecule has 0 amide bonds. The topological polar surface area (TPSA) is 72.5 Å². The van der Waals surface area contributed by atoms with Gasteiger partial charge in [0.15, 0.2) is 0 Å². The van der Waals surface area contributed by atoms with E-state index in [0.717, 1.165) is 0 Å². The van der Waals surface area contributed by atoms with Gasteiger partial charge in [0.1, 0.15) is 5.75 Å². The van der Waals surface area contributed by atoms with E-state index in [4.69, 9.17) is 10.5 Å². The van der Waals surface area contributed by atoms with Crippen LogP contribution in [0.1, 0.15) is 48.6 Å². The van der Waals surface area contributed by atoms with Crippen LogP contribution in [0.25, 0.3) is 0 Å². The lowest BCUT2D eigenvalue weighted by Gasteiger charge is -2.18. The number of ether oxygens (including phenoxy) is 1. The standard InChI is InChI=1S/C15H21NO3/c1-19-14-7-6-11(10-4-2-3-5-10)8-12(14)13(9-16)15(17)18/h6-8,10,13H,2-5,9,16H2,1H3,(H,17,18). The highest BCUT2D eigenvalue weighted by Gasteiger charge is 2.24. The Labute approximate surface area is 113 Å². The van der Waals surface area contributed by atoms with Gasteiger partial charge in [0.05, 0.1) is 13.0 Å². The second-order valence-electron chi connectivity index (χ2n) is 5.11. The van der Waals surface area contributed by atoms with Crippen molar-refractivity contribution in [3.05, 3.63) is 29.3 Å². The van der Waals surface area contributed by atoms with Gasteiger partial charge in [-0.05, 0) is 30.4 Å². The van der Waals surface area contributed by atoms with Crippen molar-refractivity contribution in [2.75, 3.05) is 13.7 Å². The smallest absolute Gasteiger partial charge is 0.312 e. The summed E-state index contributed by atoms with van der Waals surface area (Å²) in [6, 6.07) is 5.89. The van der Waals surface area contributed by atoms with E-state index in [1.165, 1.54) is 31.2 Å². The Morgan fingerprint density at radius 3 is 2.68 bits per heavy atom. The van der Waals surface area contributed by atoms with Crippen LogP contribution < -0.4 is 10.5 Å². The fourth-order valence-electron chi connectivity index (χ4n) is 2.90. The first kappa shape index (κ1) is 13.9. The number of nitrogens with two attached hydrogens (primary N) is 1. The minimum Gasteiger partial charge on any atom is -0.496 e. The van der Waals surface area contributed by atoms with Gasteiger partial charge in [-0.1, -0.05) is 25.0 Å². The monoisotopic (exact) mass is 263 g/mol. The zero-order valence-electron chi connectivity index (χ0n) is 11.3. The highest BCUT2D eigenvalue weighted by Crippen LogP contribution is 2.37. The average Bonchev–Trinajstić information content (AvgIpc) is 2.93. The maximum Gasteiger partial charge on any atom is 0.312 e. The van der Waals surface area contributed by atoms with Crippen LogP contribution in [0, 0.1) is 0 Å². The van der Waals surface area contributed by atoms with Gasteiger partial charge in [-0.2, -0.15) is 0 Å². The second kappa shape index (κ2) is 6.06. The van der Waals surface area contributed by atoms with Crippen LogP contribution in [-0.4, -0.2) is 24.7 Å². The van der Waals surface area contributed by atoms with Crippen LogP contribution in [-0.2, 0) is 4.79 Å². The molecule has 0 spiro atoms. The molecule has 0 heterocycles. The van der Waals surface area contributed by atoms with Crippen LogP contribution in [0.15, 0.2) is 18.2 Å². The van der Waals surface area contributed by atoms with Crippen molar-refractivity contribution in [3.8, 4) is 5.75 Å². The Hall–Kier alpha value is -1.55. The molecule has 4 nitrogen and oxygen atoms in total. The lowest BCUT2D eigenvalue weighted by atomic mass is 9.91. The van der Waals surface area contributed by atoms with Gasteiger partial charge < -0.3 is 15.6 Å². The number of hydrogen-bond acceptors (Lipinski definition) is 3. The number of aliphatic carboxylic acids is 1. The van der Waals surface area contributed by atoms with E-state index in [-0.39, 0.29) is 6.54 Å². The molecule has 0 radical (unpaired) electrons. The summed E-state index contributed by atoms with van der Waals surface area (Å²) < 4.78 is 5.28. The fourth-order valence-corrected chi connectivity index (χ4v) is 2.90. The molecule has 19 heavy (non-hydrogen) atoms. The molecule has 0 aliphatic heterocycles. The lowest BCUT2D eigenvalue weighted by Crippen LogP contribution is -2.22. The van der Waals surface area contributed by atoms with Crippen LogP contribution in [0.4, 0.5) is 0 Å². The fraction of sp³-hybridized carbons (Fsp3) is 0.533. The summed E-state index contributed by atoms with van der Waals surface area (Å²) in [4.78, 5) is 11.3. The van der Waals surface area contributed by atoms with Crippen molar-refractivity contribution < 1.29 is 14.6 Å². The van der Waals surface area contributed by atoms with Gasteiger partial charge in [-0.3, -0.25) is 4.79 Å². The number of carboxylic acids is 1. The maximum atomic E-state index is 11.3. The minimum atomic E-state index is -0.899. The van der Waals surface area contributed by atoms with Gasteiger partial charge in [-0.25, -0.2) is 0 Å². The number of carbonyl (C=O) groups is 1. The van der Waals surface area contributed by atoms with Crippen molar-refractivity contribution in [2.24, 2.45) is 5.73 Å². The Kier molecular flexibility index (Phi) is 4.43. The molecule has 1 aliphatic rings. The first-order valence-corrected chi connectivity index (χ1v) is 6.78. The zero-order chi connectivity index (χ0) is 13.8. The van der Waals surface area contributed by atoms with E-state index in [1.807, 2.05) is 18.2 Å². The minimum absolute atomic E-state index is 0.0831. The molecule has 4 heteroatoms. The van der Waals surface area contributed by atoms with Crippen molar-refractivity contribution in [2.45, 2.75) is 37.5 Å². The number of benzene rings is 1. The molecule has 1 unspecified atom stereocenters. The summed E-state index contributed by atoms with van der Waals surface area (Å²) in [7, 11) is 1.56. The number of rotatable bonds is 5. The molecule has 1 saturated carbocycles.